The Kier molecular flexibility index (Phi) is 3.17. The maximum absolute atomic E-state index is 12.6. The predicted octanol–water partition coefficient (Wildman–Crippen LogP) is 3.63. The summed E-state index contributed by atoms with van der Waals surface area (Å²) < 4.78 is 25.1. The molecule has 1 aliphatic rings. The third-order valence-electron chi connectivity index (χ3n) is 3.99. The van der Waals surface area contributed by atoms with Crippen molar-refractivity contribution in [1.82, 2.24) is 0 Å². The van der Waals surface area contributed by atoms with Crippen molar-refractivity contribution in [2.24, 2.45) is 0 Å². The second-order valence-corrected chi connectivity index (χ2v) is 7.82. The van der Waals surface area contributed by atoms with E-state index in [0.29, 0.717) is 4.90 Å². The van der Waals surface area contributed by atoms with Gasteiger partial charge in [0.1, 0.15) is 0 Å². The monoisotopic (exact) mass is 286 g/mol. The van der Waals surface area contributed by atoms with Crippen LogP contribution in [0.5, 0.6) is 0 Å². The standard InChI is InChI=1S/C17H18O2S/c1-12-3-7-14(8-4-12)16-11-17(16)20(18,19)15-9-5-13(2)6-10-15/h3-10,16-17H,11H2,1-2H3/t16-,17?/m0/s1. The van der Waals surface area contributed by atoms with E-state index in [-0.39, 0.29) is 11.2 Å². The van der Waals surface area contributed by atoms with Crippen molar-refractivity contribution in [3.05, 3.63) is 65.2 Å². The van der Waals surface area contributed by atoms with Crippen LogP contribution in [0.3, 0.4) is 0 Å². The Balaban J connectivity index is 1.84. The number of hydrogen-bond donors (Lipinski definition) is 0. The number of hydrogen-bond acceptors (Lipinski definition) is 2. The van der Waals surface area contributed by atoms with Crippen LogP contribution >= 0.6 is 0 Å². The fourth-order valence-electron chi connectivity index (χ4n) is 2.58. The lowest BCUT2D eigenvalue weighted by molar-refractivity contribution is 0.594. The Labute approximate surface area is 120 Å². The molecule has 20 heavy (non-hydrogen) atoms. The minimum atomic E-state index is -3.19. The molecule has 3 rings (SSSR count). The molecular weight excluding hydrogens is 268 g/mol. The molecule has 0 spiro atoms. The molecule has 0 saturated heterocycles. The van der Waals surface area contributed by atoms with Crippen LogP contribution in [-0.4, -0.2) is 13.7 Å². The van der Waals surface area contributed by atoms with Gasteiger partial charge in [0.15, 0.2) is 9.84 Å². The van der Waals surface area contributed by atoms with Gasteiger partial charge >= 0.3 is 0 Å². The lowest BCUT2D eigenvalue weighted by Crippen LogP contribution is -2.09. The normalized spacial score (nSPS) is 21.7. The van der Waals surface area contributed by atoms with Gasteiger partial charge in [0, 0.05) is 5.92 Å². The fourth-order valence-corrected chi connectivity index (χ4v) is 4.50. The molecule has 1 aliphatic carbocycles. The highest BCUT2D eigenvalue weighted by Gasteiger charge is 2.48. The zero-order chi connectivity index (χ0) is 14.3. The maximum Gasteiger partial charge on any atom is 0.181 e. The largest absolute Gasteiger partial charge is 0.223 e. The minimum Gasteiger partial charge on any atom is -0.223 e. The summed E-state index contributed by atoms with van der Waals surface area (Å²) in [7, 11) is -3.19. The van der Waals surface area contributed by atoms with Gasteiger partial charge in [-0.3, -0.25) is 0 Å². The summed E-state index contributed by atoms with van der Waals surface area (Å²) in [5.74, 6) is 0.155. The number of sulfone groups is 1. The summed E-state index contributed by atoms with van der Waals surface area (Å²) in [4.78, 5) is 0.447. The van der Waals surface area contributed by atoms with Crippen LogP contribution in [0.4, 0.5) is 0 Å². The molecular formula is C17H18O2S. The van der Waals surface area contributed by atoms with Crippen molar-refractivity contribution in [3.63, 3.8) is 0 Å². The second kappa shape index (κ2) is 4.74. The summed E-state index contributed by atoms with van der Waals surface area (Å²) in [5.41, 5.74) is 3.42. The molecule has 2 atom stereocenters. The molecule has 0 bridgehead atoms. The first-order valence-corrected chi connectivity index (χ1v) is 8.40. The van der Waals surface area contributed by atoms with Crippen LogP contribution in [0.1, 0.15) is 29.0 Å². The highest BCUT2D eigenvalue weighted by Crippen LogP contribution is 2.48. The van der Waals surface area contributed by atoms with Gasteiger partial charge in [-0.2, -0.15) is 0 Å². The van der Waals surface area contributed by atoms with E-state index >= 15 is 0 Å². The molecule has 104 valence electrons. The first-order chi connectivity index (χ1) is 9.48. The highest BCUT2D eigenvalue weighted by molar-refractivity contribution is 7.92. The fraction of sp³-hybridized carbons (Fsp3) is 0.294. The first kappa shape index (κ1) is 13.4. The summed E-state index contributed by atoms with van der Waals surface area (Å²) in [5, 5.41) is -0.257. The molecule has 1 fully saturated rings. The Bertz CT molecular complexity index is 713. The third-order valence-corrected chi connectivity index (χ3v) is 6.23. The van der Waals surface area contributed by atoms with Gasteiger partial charge in [0.2, 0.25) is 0 Å². The van der Waals surface area contributed by atoms with E-state index in [1.165, 1.54) is 5.56 Å². The van der Waals surface area contributed by atoms with Crippen molar-refractivity contribution in [2.75, 3.05) is 0 Å². The average molecular weight is 286 g/mol. The lowest BCUT2D eigenvalue weighted by Gasteiger charge is -2.05. The number of aryl methyl sites for hydroxylation is 2. The van der Waals surface area contributed by atoms with Crippen LogP contribution in [0.25, 0.3) is 0 Å². The van der Waals surface area contributed by atoms with Crippen LogP contribution in [0.2, 0.25) is 0 Å². The molecule has 0 amide bonds. The molecule has 0 N–H and O–H groups in total. The van der Waals surface area contributed by atoms with Crippen molar-refractivity contribution in [1.29, 1.82) is 0 Å². The van der Waals surface area contributed by atoms with Gasteiger partial charge in [-0.1, -0.05) is 47.5 Å². The second-order valence-electron chi connectivity index (χ2n) is 5.65. The summed E-state index contributed by atoms with van der Waals surface area (Å²) in [6.45, 7) is 4.00. The molecule has 3 heteroatoms. The van der Waals surface area contributed by atoms with Gasteiger partial charge < -0.3 is 0 Å². The van der Waals surface area contributed by atoms with Gasteiger partial charge in [-0.05, 0) is 38.0 Å². The van der Waals surface area contributed by atoms with Crippen LogP contribution in [0.15, 0.2) is 53.4 Å². The van der Waals surface area contributed by atoms with Crippen LogP contribution in [0, 0.1) is 13.8 Å². The zero-order valence-corrected chi connectivity index (χ0v) is 12.5. The van der Waals surface area contributed by atoms with Crippen LogP contribution in [-0.2, 0) is 9.84 Å². The Morgan fingerprint density at radius 1 is 0.850 bits per heavy atom. The summed E-state index contributed by atoms with van der Waals surface area (Å²) >= 11 is 0. The summed E-state index contributed by atoms with van der Waals surface area (Å²) in [6, 6.07) is 15.3. The Hall–Kier alpha value is -1.61. The first-order valence-electron chi connectivity index (χ1n) is 6.85. The molecule has 0 radical (unpaired) electrons. The van der Waals surface area contributed by atoms with Gasteiger partial charge in [-0.15, -0.1) is 0 Å². The van der Waals surface area contributed by atoms with E-state index in [9.17, 15) is 8.42 Å². The van der Waals surface area contributed by atoms with E-state index in [2.05, 4.69) is 0 Å². The van der Waals surface area contributed by atoms with Gasteiger partial charge in [-0.25, -0.2) is 8.42 Å². The van der Waals surface area contributed by atoms with Crippen molar-refractivity contribution in [2.45, 2.75) is 36.3 Å². The highest BCUT2D eigenvalue weighted by atomic mass is 32.2. The predicted molar refractivity (Wildman–Crippen MR) is 80.7 cm³/mol. The van der Waals surface area contributed by atoms with Crippen molar-refractivity contribution >= 4 is 9.84 Å². The lowest BCUT2D eigenvalue weighted by atomic mass is 10.1. The van der Waals surface area contributed by atoms with Gasteiger partial charge in [0.05, 0.1) is 10.1 Å². The van der Waals surface area contributed by atoms with E-state index in [1.54, 1.807) is 12.1 Å². The van der Waals surface area contributed by atoms with E-state index < -0.39 is 9.84 Å². The van der Waals surface area contributed by atoms with Gasteiger partial charge in [0.25, 0.3) is 0 Å². The SMILES string of the molecule is Cc1ccc([C@@H]2CC2S(=O)(=O)c2ccc(C)cc2)cc1. The number of rotatable bonds is 3. The molecule has 0 aromatic heterocycles. The molecule has 2 nitrogen and oxygen atoms in total. The smallest absolute Gasteiger partial charge is 0.181 e. The molecule has 1 unspecified atom stereocenters. The maximum atomic E-state index is 12.6. The minimum absolute atomic E-state index is 0.155. The summed E-state index contributed by atoms with van der Waals surface area (Å²) in [6.07, 6.45) is 0.735. The molecule has 0 heterocycles. The van der Waals surface area contributed by atoms with E-state index in [4.69, 9.17) is 0 Å². The molecule has 2 aromatic carbocycles. The average Bonchev–Trinajstić information content (AvgIpc) is 3.21. The van der Waals surface area contributed by atoms with Crippen LogP contribution < -0.4 is 0 Å². The third kappa shape index (κ3) is 2.38. The van der Waals surface area contributed by atoms with Crippen molar-refractivity contribution < 1.29 is 8.42 Å². The molecule has 1 saturated carbocycles. The zero-order valence-electron chi connectivity index (χ0n) is 11.7. The Morgan fingerprint density at radius 3 is 1.90 bits per heavy atom. The molecule has 0 aliphatic heterocycles. The molecule has 2 aromatic rings. The quantitative estimate of drug-likeness (QED) is 0.863. The van der Waals surface area contributed by atoms with E-state index in [1.807, 2.05) is 50.2 Å². The topological polar surface area (TPSA) is 34.1 Å². The Morgan fingerprint density at radius 2 is 1.35 bits per heavy atom. The van der Waals surface area contributed by atoms with E-state index in [0.717, 1.165) is 17.5 Å². The number of benzene rings is 2. The van der Waals surface area contributed by atoms with Crippen molar-refractivity contribution in [3.8, 4) is 0 Å².